The maximum atomic E-state index is 13.0. The van der Waals surface area contributed by atoms with Crippen LogP contribution in [0.1, 0.15) is 43.0 Å². The van der Waals surface area contributed by atoms with Crippen molar-refractivity contribution in [1.82, 2.24) is 5.32 Å². The number of hydrogen-bond acceptors (Lipinski definition) is 6. The lowest BCUT2D eigenvalue weighted by Gasteiger charge is -2.21. The molecule has 0 aliphatic carbocycles. The summed E-state index contributed by atoms with van der Waals surface area (Å²) in [5.41, 5.74) is 7.18. The monoisotopic (exact) mass is 468 g/mol. The van der Waals surface area contributed by atoms with E-state index < -0.39 is 17.9 Å². The molecule has 9 heteroatoms. The summed E-state index contributed by atoms with van der Waals surface area (Å²) in [6, 6.07) is 11.6. The van der Waals surface area contributed by atoms with Gasteiger partial charge in [-0.2, -0.15) is 0 Å². The highest BCUT2D eigenvalue weighted by Gasteiger charge is 2.22. The number of hydrogen-bond donors (Lipinski definition) is 3. The molecule has 2 aromatic rings. The molecule has 0 spiro atoms. The molecule has 1 heterocycles. The van der Waals surface area contributed by atoms with Crippen LogP contribution in [0.2, 0.25) is 0 Å². The zero-order chi connectivity index (χ0) is 24.5. The van der Waals surface area contributed by atoms with E-state index in [4.69, 9.17) is 15.2 Å². The van der Waals surface area contributed by atoms with Crippen molar-refractivity contribution in [3.63, 3.8) is 0 Å². The molecule has 34 heavy (non-hydrogen) atoms. The second-order valence-corrected chi connectivity index (χ2v) is 8.17. The van der Waals surface area contributed by atoms with E-state index in [-0.39, 0.29) is 18.3 Å². The molecule has 1 atom stereocenters. The van der Waals surface area contributed by atoms with Gasteiger partial charge in [0.25, 0.3) is 11.8 Å². The molecule has 0 bridgehead atoms. The lowest BCUT2D eigenvalue weighted by atomic mass is 10.1. The molecule has 4 N–H and O–H groups in total. The molecule has 0 aromatic heterocycles. The van der Waals surface area contributed by atoms with Crippen LogP contribution in [0.5, 0.6) is 11.5 Å². The van der Waals surface area contributed by atoms with Gasteiger partial charge < -0.3 is 30.7 Å². The Bertz CT molecular complexity index is 1020. The minimum absolute atomic E-state index is 0.276. The van der Waals surface area contributed by atoms with Gasteiger partial charge in [0.15, 0.2) is 18.1 Å². The fraction of sp³-hybridized carbons (Fsp3) is 0.400. The first-order valence-electron chi connectivity index (χ1n) is 11.5. The maximum Gasteiger partial charge on any atom is 0.255 e. The van der Waals surface area contributed by atoms with E-state index in [1.807, 2.05) is 31.2 Å². The zero-order valence-electron chi connectivity index (χ0n) is 19.6. The molecule has 9 nitrogen and oxygen atoms in total. The smallest absolute Gasteiger partial charge is 0.255 e. The fourth-order valence-corrected chi connectivity index (χ4v) is 3.86. The van der Waals surface area contributed by atoms with E-state index in [9.17, 15) is 14.4 Å². The van der Waals surface area contributed by atoms with Crippen molar-refractivity contribution in [3.05, 3.63) is 48.0 Å². The predicted molar refractivity (Wildman–Crippen MR) is 130 cm³/mol. The van der Waals surface area contributed by atoms with E-state index in [2.05, 4.69) is 15.5 Å². The molecule has 3 amide bonds. The highest BCUT2D eigenvalue weighted by Crippen LogP contribution is 2.28. The number of rotatable bonds is 11. The van der Waals surface area contributed by atoms with Gasteiger partial charge in [-0.3, -0.25) is 14.4 Å². The van der Waals surface area contributed by atoms with Crippen molar-refractivity contribution in [1.29, 1.82) is 0 Å². The summed E-state index contributed by atoms with van der Waals surface area (Å²) >= 11 is 0. The van der Waals surface area contributed by atoms with Crippen molar-refractivity contribution in [2.24, 2.45) is 5.73 Å². The number of nitrogens with zero attached hydrogens (tertiary/aromatic N) is 1. The minimum atomic E-state index is -0.704. The van der Waals surface area contributed by atoms with E-state index in [1.165, 1.54) is 38.2 Å². The molecule has 1 saturated heterocycles. The van der Waals surface area contributed by atoms with Crippen LogP contribution in [0.25, 0.3) is 0 Å². The van der Waals surface area contributed by atoms with Crippen molar-refractivity contribution in [2.45, 2.75) is 38.6 Å². The Hall–Kier alpha value is -3.75. The number of methoxy groups -OCH3 is 1. The number of anilines is 2. The minimum Gasteiger partial charge on any atom is -0.493 e. The van der Waals surface area contributed by atoms with E-state index >= 15 is 0 Å². The van der Waals surface area contributed by atoms with Gasteiger partial charge in [0, 0.05) is 30.0 Å². The van der Waals surface area contributed by atoms with Crippen LogP contribution in [-0.4, -0.2) is 50.6 Å². The Morgan fingerprint density at radius 1 is 1.09 bits per heavy atom. The third kappa shape index (κ3) is 6.63. The molecule has 0 saturated carbocycles. The molecular weight excluding hydrogens is 436 g/mol. The van der Waals surface area contributed by atoms with Gasteiger partial charge in [0.1, 0.15) is 6.04 Å². The summed E-state index contributed by atoms with van der Waals surface area (Å²) in [5.74, 6) is -0.743. The summed E-state index contributed by atoms with van der Waals surface area (Å²) < 4.78 is 10.6. The van der Waals surface area contributed by atoms with Crippen molar-refractivity contribution in [2.75, 3.05) is 37.0 Å². The Morgan fingerprint density at radius 2 is 1.85 bits per heavy atom. The third-order valence-electron chi connectivity index (χ3n) is 5.58. The Morgan fingerprint density at radius 3 is 2.53 bits per heavy atom. The number of benzene rings is 2. The van der Waals surface area contributed by atoms with Crippen molar-refractivity contribution < 1.29 is 23.9 Å². The zero-order valence-corrected chi connectivity index (χ0v) is 19.6. The maximum absolute atomic E-state index is 13.0. The number of amides is 3. The predicted octanol–water partition coefficient (Wildman–Crippen LogP) is 2.70. The first-order chi connectivity index (χ1) is 16.4. The van der Waals surface area contributed by atoms with Crippen molar-refractivity contribution >= 4 is 29.1 Å². The lowest BCUT2D eigenvalue weighted by Crippen LogP contribution is -2.43. The molecule has 182 valence electrons. The molecule has 2 aromatic carbocycles. The molecule has 1 fully saturated rings. The van der Waals surface area contributed by atoms with Crippen molar-refractivity contribution in [3.8, 4) is 11.5 Å². The Labute approximate surface area is 199 Å². The van der Waals surface area contributed by atoms with Crippen LogP contribution in [0.15, 0.2) is 42.5 Å². The number of primary amides is 1. The van der Waals surface area contributed by atoms with Crippen LogP contribution >= 0.6 is 0 Å². The summed E-state index contributed by atoms with van der Waals surface area (Å²) in [4.78, 5) is 39.2. The molecule has 0 radical (unpaired) electrons. The highest BCUT2D eigenvalue weighted by molar-refractivity contribution is 6.01. The van der Waals surface area contributed by atoms with Crippen LogP contribution in [0.3, 0.4) is 0 Å². The Balaban J connectivity index is 1.68. The third-order valence-corrected chi connectivity index (χ3v) is 5.58. The average molecular weight is 469 g/mol. The molecule has 1 aliphatic rings. The number of ether oxygens (including phenoxy) is 2. The summed E-state index contributed by atoms with van der Waals surface area (Å²) in [6.45, 7) is 3.68. The quantitative estimate of drug-likeness (QED) is 0.466. The molecule has 1 unspecified atom stereocenters. The van der Waals surface area contributed by atoms with Gasteiger partial charge in [0.05, 0.1) is 7.11 Å². The second-order valence-electron chi connectivity index (χ2n) is 8.17. The molecule has 3 rings (SSSR count). The molecular formula is C25H32N4O5. The highest BCUT2D eigenvalue weighted by atomic mass is 16.5. The molecule has 1 aliphatic heterocycles. The topological polar surface area (TPSA) is 123 Å². The number of carbonyl (C=O) groups excluding carboxylic acids is 3. The largest absolute Gasteiger partial charge is 0.493 e. The first kappa shape index (κ1) is 24.9. The SMILES string of the molecule is CCCC(NC(=O)c1ccc(OCC(N)=O)c(OC)c1)C(=O)Nc1cccc(N2CCCC2)c1. The summed E-state index contributed by atoms with van der Waals surface area (Å²) in [6.07, 6.45) is 3.55. The first-order valence-corrected chi connectivity index (χ1v) is 11.5. The van der Waals surface area contributed by atoms with Crippen LogP contribution in [-0.2, 0) is 9.59 Å². The van der Waals surface area contributed by atoms with Gasteiger partial charge in [0.2, 0.25) is 5.91 Å². The van der Waals surface area contributed by atoms with E-state index in [0.29, 0.717) is 23.4 Å². The number of carbonyl (C=O) groups is 3. The van der Waals surface area contributed by atoms with E-state index in [1.54, 1.807) is 0 Å². The van der Waals surface area contributed by atoms with Crippen LogP contribution < -0.4 is 30.7 Å². The van der Waals surface area contributed by atoms with Gasteiger partial charge in [-0.05, 0) is 55.7 Å². The lowest BCUT2D eigenvalue weighted by molar-refractivity contribution is -0.120. The van der Waals surface area contributed by atoms with E-state index in [0.717, 1.165) is 25.2 Å². The summed E-state index contributed by atoms with van der Waals surface area (Å²) in [5, 5.41) is 5.75. The number of nitrogens with two attached hydrogens (primary N) is 1. The second kappa shape index (κ2) is 11.9. The van der Waals surface area contributed by atoms with Gasteiger partial charge in [-0.25, -0.2) is 0 Å². The normalized spacial score (nSPS) is 13.8. The van der Waals surface area contributed by atoms with Gasteiger partial charge in [-0.15, -0.1) is 0 Å². The van der Waals surface area contributed by atoms with Gasteiger partial charge >= 0.3 is 0 Å². The summed E-state index contributed by atoms with van der Waals surface area (Å²) in [7, 11) is 1.43. The fourth-order valence-electron chi connectivity index (χ4n) is 3.86. The standard InChI is InChI=1S/C25H32N4O5/c1-3-7-20(25(32)27-18-8-6-9-19(15-18)29-12-4-5-13-29)28-24(31)17-10-11-21(22(14-17)33-2)34-16-23(26)30/h6,8-11,14-15,20H,3-5,7,12-13,16H2,1-2H3,(H2,26,30)(H,27,32)(H,28,31). The average Bonchev–Trinajstić information content (AvgIpc) is 3.37. The number of nitrogens with one attached hydrogen (secondary N) is 2. The van der Waals surface area contributed by atoms with Crippen LogP contribution in [0, 0.1) is 0 Å². The van der Waals surface area contributed by atoms with Crippen LogP contribution in [0.4, 0.5) is 11.4 Å². The van der Waals surface area contributed by atoms with Gasteiger partial charge in [-0.1, -0.05) is 19.4 Å². The Kier molecular flexibility index (Phi) is 8.73.